The van der Waals surface area contributed by atoms with Crippen molar-refractivity contribution in [1.82, 2.24) is 0 Å². The Labute approximate surface area is 85.6 Å². The summed E-state index contributed by atoms with van der Waals surface area (Å²) in [5, 5.41) is 0.286. The Morgan fingerprint density at radius 3 is 2.54 bits per heavy atom. The fourth-order valence-corrected chi connectivity index (χ4v) is 3.13. The maximum absolute atomic E-state index is 11.2. The normalized spacial score (nSPS) is 29.4. The Morgan fingerprint density at radius 1 is 1.38 bits per heavy atom. The predicted molar refractivity (Wildman–Crippen MR) is 55.9 cm³/mol. The molecule has 2 atom stereocenters. The van der Waals surface area contributed by atoms with Gasteiger partial charge in [0.1, 0.15) is 9.84 Å². The van der Waals surface area contributed by atoms with Crippen LogP contribution in [0.4, 0.5) is 0 Å². The lowest BCUT2D eigenvalue weighted by Gasteiger charge is -2.07. The zero-order valence-electron chi connectivity index (χ0n) is 8.00. The van der Waals surface area contributed by atoms with Gasteiger partial charge in [-0.1, -0.05) is 6.92 Å². The second-order valence-electron chi connectivity index (χ2n) is 3.80. The Balaban J connectivity index is 2.27. The second kappa shape index (κ2) is 4.65. The molecule has 1 aliphatic rings. The van der Waals surface area contributed by atoms with E-state index in [4.69, 9.17) is 11.6 Å². The summed E-state index contributed by atoms with van der Waals surface area (Å²) >= 11 is 5.94. The van der Waals surface area contributed by atoms with Crippen LogP contribution in [0.3, 0.4) is 0 Å². The van der Waals surface area contributed by atoms with E-state index in [1.807, 2.05) is 0 Å². The molecule has 13 heavy (non-hydrogen) atoms. The summed E-state index contributed by atoms with van der Waals surface area (Å²) in [6, 6.07) is 0. The predicted octanol–water partition coefficient (Wildman–Crippen LogP) is 2.22. The third kappa shape index (κ3) is 3.86. The van der Waals surface area contributed by atoms with Crippen molar-refractivity contribution in [2.45, 2.75) is 38.0 Å². The average Bonchev–Trinajstić information content (AvgIpc) is 2.48. The molecule has 0 aromatic rings. The van der Waals surface area contributed by atoms with Crippen LogP contribution in [-0.4, -0.2) is 25.3 Å². The Kier molecular flexibility index (Phi) is 4.05. The minimum atomic E-state index is -2.77. The maximum atomic E-state index is 11.2. The highest BCUT2D eigenvalue weighted by Crippen LogP contribution is 2.31. The van der Waals surface area contributed by atoms with Gasteiger partial charge in [0.25, 0.3) is 0 Å². The number of rotatable bonds is 4. The summed E-state index contributed by atoms with van der Waals surface area (Å²) in [5.41, 5.74) is 0. The first-order chi connectivity index (χ1) is 6.03. The molecule has 0 saturated heterocycles. The molecule has 0 bridgehead atoms. The van der Waals surface area contributed by atoms with Gasteiger partial charge >= 0.3 is 0 Å². The van der Waals surface area contributed by atoms with Crippen LogP contribution >= 0.6 is 11.6 Å². The lowest BCUT2D eigenvalue weighted by Crippen LogP contribution is -2.11. The van der Waals surface area contributed by atoms with Crippen LogP contribution in [0.2, 0.25) is 0 Å². The van der Waals surface area contributed by atoms with Crippen LogP contribution in [-0.2, 0) is 9.84 Å². The molecule has 1 aliphatic carbocycles. The van der Waals surface area contributed by atoms with E-state index in [0.29, 0.717) is 11.7 Å². The van der Waals surface area contributed by atoms with E-state index in [1.165, 1.54) is 0 Å². The van der Waals surface area contributed by atoms with E-state index in [0.717, 1.165) is 25.7 Å². The number of hydrogen-bond donors (Lipinski definition) is 0. The molecule has 0 N–H and O–H groups in total. The molecule has 1 fully saturated rings. The zero-order chi connectivity index (χ0) is 9.90. The number of alkyl halides is 1. The smallest absolute Gasteiger partial charge is 0.150 e. The Bertz CT molecular complexity index is 248. The minimum Gasteiger partial charge on any atom is -0.229 e. The van der Waals surface area contributed by atoms with Gasteiger partial charge in [-0.15, -0.1) is 11.6 Å². The molecule has 0 aliphatic heterocycles. The molecule has 2 unspecified atom stereocenters. The highest BCUT2D eigenvalue weighted by molar-refractivity contribution is 7.91. The summed E-state index contributed by atoms with van der Waals surface area (Å²) in [6.07, 6.45) is 3.96. The Hall–Kier alpha value is 0.240. The molecular weight excluding hydrogens is 208 g/mol. The third-order valence-corrected chi connectivity index (χ3v) is 4.89. The largest absolute Gasteiger partial charge is 0.229 e. The fraction of sp³-hybridized carbons (Fsp3) is 1.00. The van der Waals surface area contributed by atoms with Crippen molar-refractivity contribution < 1.29 is 8.42 Å². The number of sulfone groups is 1. The molecule has 2 nitrogen and oxygen atoms in total. The van der Waals surface area contributed by atoms with Crippen molar-refractivity contribution in [3.8, 4) is 0 Å². The average molecular weight is 225 g/mol. The standard InChI is InChI=1S/C9H17ClO2S/c1-2-13(11,12)6-5-8-3-4-9(10)7-8/h8-9H,2-7H2,1H3. The van der Waals surface area contributed by atoms with Gasteiger partial charge in [0.2, 0.25) is 0 Å². The molecule has 1 rings (SSSR count). The van der Waals surface area contributed by atoms with E-state index in [1.54, 1.807) is 6.92 Å². The third-order valence-electron chi connectivity index (χ3n) is 2.75. The van der Waals surface area contributed by atoms with Crippen LogP contribution < -0.4 is 0 Å². The number of halogens is 1. The molecule has 78 valence electrons. The summed E-state index contributed by atoms with van der Waals surface area (Å²) in [4.78, 5) is 0. The van der Waals surface area contributed by atoms with E-state index < -0.39 is 9.84 Å². The maximum Gasteiger partial charge on any atom is 0.150 e. The molecule has 0 amide bonds. The van der Waals surface area contributed by atoms with Crippen LogP contribution in [0.15, 0.2) is 0 Å². The molecule has 0 aromatic carbocycles. The first-order valence-corrected chi connectivity index (χ1v) is 7.14. The lowest BCUT2D eigenvalue weighted by atomic mass is 10.1. The van der Waals surface area contributed by atoms with E-state index in [2.05, 4.69) is 0 Å². The van der Waals surface area contributed by atoms with Crippen molar-refractivity contribution in [2.75, 3.05) is 11.5 Å². The van der Waals surface area contributed by atoms with Crippen molar-refractivity contribution in [3.05, 3.63) is 0 Å². The van der Waals surface area contributed by atoms with E-state index in [-0.39, 0.29) is 11.1 Å². The van der Waals surface area contributed by atoms with Gasteiger partial charge in [0.05, 0.1) is 5.75 Å². The second-order valence-corrected chi connectivity index (χ2v) is 6.89. The molecule has 4 heteroatoms. The summed E-state index contributed by atoms with van der Waals surface area (Å²) < 4.78 is 22.4. The SMILES string of the molecule is CCS(=O)(=O)CCC1CCC(Cl)C1. The van der Waals surface area contributed by atoms with Gasteiger partial charge in [-0.25, -0.2) is 8.42 Å². The highest BCUT2D eigenvalue weighted by Gasteiger charge is 2.23. The summed E-state index contributed by atoms with van der Waals surface area (Å²) in [6.45, 7) is 1.70. The van der Waals surface area contributed by atoms with Crippen molar-refractivity contribution in [2.24, 2.45) is 5.92 Å². The van der Waals surface area contributed by atoms with Crippen molar-refractivity contribution in [3.63, 3.8) is 0 Å². The monoisotopic (exact) mass is 224 g/mol. The molecule has 0 spiro atoms. The fourth-order valence-electron chi connectivity index (χ4n) is 1.77. The van der Waals surface area contributed by atoms with E-state index in [9.17, 15) is 8.42 Å². The highest BCUT2D eigenvalue weighted by atomic mass is 35.5. The van der Waals surface area contributed by atoms with Crippen molar-refractivity contribution in [1.29, 1.82) is 0 Å². The molecule has 0 aromatic heterocycles. The van der Waals surface area contributed by atoms with Gasteiger partial charge in [0.15, 0.2) is 0 Å². The van der Waals surface area contributed by atoms with Crippen molar-refractivity contribution >= 4 is 21.4 Å². The summed E-state index contributed by atoms with van der Waals surface area (Å²) in [5.74, 6) is 1.16. The van der Waals surface area contributed by atoms with E-state index >= 15 is 0 Å². The zero-order valence-corrected chi connectivity index (χ0v) is 9.57. The molecular formula is C9H17ClO2S. The van der Waals surface area contributed by atoms with Crippen LogP contribution in [0.5, 0.6) is 0 Å². The van der Waals surface area contributed by atoms with Gasteiger partial charge in [0, 0.05) is 11.1 Å². The summed E-state index contributed by atoms with van der Waals surface area (Å²) in [7, 11) is -2.77. The van der Waals surface area contributed by atoms with Gasteiger partial charge in [-0.2, -0.15) is 0 Å². The molecule has 0 heterocycles. The lowest BCUT2D eigenvalue weighted by molar-refractivity contribution is 0.522. The minimum absolute atomic E-state index is 0.268. The van der Waals surface area contributed by atoms with Gasteiger partial charge in [-0.05, 0) is 31.6 Å². The number of hydrogen-bond acceptors (Lipinski definition) is 2. The van der Waals surface area contributed by atoms with Crippen LogP contribution in [0, 0.1) is 5.92 Å². The topological polar surface area (TPSA) is 34.1 Å². The van der Waals surface area contributed by atoms with Crippen LogP contribution in [0.25, 0.3) is 0 Å². The molecule has 1 saturated carbocycles. The quantitative estimate of drug-likeness (QED) is 0.687. The van der Waals surface area contributed by atoms with Gasteiger partial charge < -0.3 is 0 Å². The first-order valence-electron chi connectivity index (χ1n) is 4.88. The van der Waals surface area contributed by atoms with Gasteiger partial charge in [-0.3, -0.25) is 0 Å². The molecule has 0 radical (unpaired) electrons. The van der Waals surface area contributed by atoms with Crippen LogP contribution in [0.1, 0.15) is 32.6 Å². The Morgan fingerprint density at radius 2 is 2.08 bits per heavy atom. The first kappa shape index (κ1) is 11.3.